The van der Waals surface area contributed by atoms with E-state index in [0.717, 1.165) is 16.0 Å². The zero-order chi connectivity index (χ0) is 12.2. The Bertz CT molecular complexity index is 349. The second-order valence-corrected chi connectivity index (χ2v) is 11.6. The van der Waals surface area contributed by atoms with E-state index >= 15 is 0 Å². The lowest BCUT2D eigenvalue weighted by Crippen LogP contribution is -2.48. The first-order valence-electron chi connectivity index (χ1n) is 5.36. The number of carbonyl (C=O) groups excluding carboxylic acids is 1. The minimum Gasteiger partial charge on any atom is -0.446 e. The van der Waals surface area contributed by atoms with Gasteiger partial charge in [0, 0.05) is 0 Å². The average molecular weight is 253 g/mol. The van der Waals surface area contributed by atoms with E-state index in [1.165, 1.54) is 0 Å². The first-order chi connectivity index (χ1) is 7.41. The molecule has 0 aliphatic rings. The van der Waals surface area contributed by atoms with Crippen LogP contribution >= 0.6 is 0 Å². The molecule has 0 unspecified atom stereocenters. The van der Waals surface area contributed by atoms with Crippen molar-refractivity contribution < 1.29 is 9.53 Å². The summed E-state index contributed by atoms with van der Waals surface area (Å²) in [6.07, 6.45) is -0.172. The summed E-state index contributed by atoms with van der Waals surface area (Å²) in [5, 5.41) is 0. The minimum absolute atomic E-state index is 0.172. The minimum atomic E-state index is -1.54. The number of amides is 1. The van der Waals surface area contributed by atoms with Crippen LogP contribution in [0, 0.1) is 0 Å². The van der Waals surface area contributed by atoms with Crippen molar-refractivity contribution in [1.82, 2.24) is 4.23 Å². The summed E-state index contributed by atoms with van der Waals surface area (Å²) in [7, 11) is -0.812. The van der Waals surface area contributed by atoms with Gasteiger partial charge in [-0.15, -0.1) is 0 Å². The van der Waals surface area contributed by atoms with Gasteiger partial charge < -0.3 is 8.97 Å². The Balaban J connectivity index is 2.48. The molecule has 0 fully saturated rings. The van der Waals surface area contributed by atoms with Crippen molar-refractivity contribution in [3.05, 3.63) is 35.9 Å². The van der Waals surface area contributed by atoms with Crippen LogP contribution in [-0.4, -0.2) is 29.0 Å². The molecule has 88 valence electrons. The first-order valence-corrected chi connectivity index (χ1v) is 9.70. The van der Waals surface area contributed by atoms with Crippen molar-refractivity contribution >= 4 is 24.7 Å². The van der Waals surface area contributed by atoms with Crippen LogP contribution in [0.15, 0.2) is 30.3 Å². The van der Waals surface area contributed by atoms with Gasteiger partial charge in [0.15, 0.2) is 0 Å². The van der Waals surface area contributed by atoms with Crippen molar-refractivity contribution in [1.29, 1.82) is 0 Å². The predicted octanol–water partition coefficient (Wildman–Crippen LogP) is 1.74. The number of ether oxygens (including phenoxy) is 1. The van der Waals surface area contributed by atoms with E-state index in [1.807, 2.05) is 34.6 Å². The molecule has 3 nitrogen and oxygen atoms in total. The molecule has 0 bridgehead atoms. The van der Waals surface area contributed by atoms with E-state index in [-0.39, 0.29) is 6.09 Å². The van der Waals surface area contributed by atoms with Crippen molar-refractivity contribution in [2.24, 2.45) is 0 Å². The van der Waals surface area contributed by atoms with E-state index in [0.29, 0.717) is 6.61 Å². The second-order valence-electron chi connectivity index (χ2n) is 4.77. The summed E-state index contributed by atoms with van der Waals surface area (Å²) < 4.78 is 7.14. The van der Waals surface area contributed by atoms with Gasteiger partial charge in [0.25, 0.3) is 0 Å². The lowest BCUT2D eigenvalue weighted by molar-refractivity contribution is 0.131. The molecule has 0 heterocycles. The SMILES string of the molecule is C[Si](C)(C)N([SiH3])C(=O)OCc1ccccc1. The molecule has 0 saturated heterocycles. The summed E-state index contributed by atoms with van der Waals surface area (Å²) >= 11 is 0. The fraction of sp³-hybridized carbons (Fsp3) is 0.364. The largest absolute Gasteiger partial charge is 0.446 e. The normalized spacial score (nSPS) is 11.2. The van der Waals surface area contributed by atoms with Crippen molar-refractivity contribution in [2.45, 2.75) is 26.2 Å². The molecule has 1 aromatic rings. The molecule has 0 radical (unpaired) electrons. The standard InChI is InChI=1S/C11H19NO2Si2/c1-16(2,3)12(15)11(13)14-9-10-7-5-4-6-8-10/h4-8H,9H2,1-3,15H3. The van der Waals surface area contributed by atoms with Gasteiger partial charge in [-0.1, -0.05) is 50.0 Å². The van der Waals surface area contributed by atoms with Gasteiger partial charge in [-0.25, -0.2) is 4.79 Å². The second kappa shape index (κ2) is 5.31. The third-order valence-corrected chi connectivity index (χ3v) is 9.07. The Labute approximate surface area is 101 Å². The monoisotopic (exact) mass is 253 g/mol. The summed E-state index contributed by atoms with van der Waals surface area (Å²) in [6.45, 7) is 6.79. The summed E-state index contributed by atoms with van der Waals surface area (Å²) in [5.41, 5.74) is 1.03. The Kier molecular flexibility index (Phi) is 4.31. The molecule has 5 heteroatoms. The van der Waals surface area contributed by atoms with Gasteiger partial charge in [-0.2, -0.15) is 0 Å². The molecule has 0 saturated carbocycles. The predicted molar refractivity (Wildman–Crippen MR) is 71.8 cm³/mol. The van der Waals surface area contributed by atoms with E-state index in [2.05, 4.69) is 19.6 Å². The third-order valence-electron chi connectivity index (χ3n) is 2.49. The van der Waals surface area contributed by atoms with Gasteiger partial charge in [0.1, 0.15) is 25.2 Å². The maximum atomic E-state index is 11.7. The molecule has 1 rings (SSSR count). The fourth-order valence-electron chi connectivity index (χ4n) is 1.09. The number of rotatable bonds is 3. The molecular weight excluding hydrogens is 234 g/mol. The quantitative estimate of drug-likeness (QED) is 0.768. The lowest BCUT2D eigenvalue weighted by Gasteiger charge is -2.29. The Morgan fingerprint density at radius 2 is 1.88 bits per heavy atom. The van der Waals surface area contributed by atoms with E-state index in [1.54, 1.807) is 0 Å². The van der Waals surface area contributed by atoms with Gasteiger partial charge in [0.2, 0.25) is 0 Å². The Morgan fingerprint density at radius 1 is 1.31 bits per heavy atom. The highest BCUT2D eigenvalue weighted by Crippen LogP contribution is 2.09. The molecule has 1 aromatic carbocycles. The molecule has 0 atom stereocenters. The Morgan fingerprint density at radius 3 is 2.38 bits per heavy atom. The van der Waals surface area contributed by atoms with Crippen LogP contribution in [0.5, 0.6) is 0 Å². The van der Waals surface area contributed by atoms with Crippen LogP contribution in [0.3, 0.4) is 0 Å². The van der Waals surface area contributed by atoms with Crippen LogP contribution in [0.25, 0.3) is 0 Å². The van der Waals surface area contributed by atoms with Crippen LogP contribution in [0.1, 0.15) is 5.56 Å². The number of nitrogens with zero attached hydrogens (tertiary/aromatic N) is 1. The van der Waals surface area contributed by atoms with Gasteiger partial charge in [0.05, 0.1) is 0 Å². The molecule has 1 amide bonds. The first kappa shape index (κ1) is 13.0. The maximum absolute atomic E-state index is 11.7. The van der Waals surface area contributed by atoms with Crippen LogP contribution in [0.2, 0.25) is 19.6 Å². The molecule has 0 aliphatic carbocycles. The van der Waals surface area contributed by atoms with Crippen LogP contribution < -0.4 is 0 Å². The molecule has 0 N–H and O–H groups in total. The van der Waals surface area contributed by atoms with E-state index in [9.17, 15) is 4.79 Å². The zero-order valence-corrected chi connectivity index (χ0v) is 13.4. The molecule has 16 heavy (non-hydrogen) atoms. The van der Waals surface area contributed by atoms with Gasteiger partial charge in [-0.3, -0.25) is 0 Å². The number of carbonyl (C=O) groups is 1. The molecular formula is C11H19NO2Si2. The van der Waals surface area contributed by atoms with E-state index in [4.69, 9.17) is 4.74 Å². The zero-order valence-electron chi connectivity index (χ0n) is 10.4. The smallest absolute Gasteiger partial charge is 0.393 e. The summed E-state index contributed by atoms with van der Waals surface area (Å²) in [4.78, 5) is 11.7. The van der Waals surface area contributed by atoms with Gasteiger partial charge >= 0.3 is 6.09 Å². The maximum Gasteiger partial charge on any atom is 0.393 e. The summed E-state index contributed by atoms with van der Waals surface area (Å²) in [5.74, 6) is 0. The number of hydrogen-bond acceptors (Lipinski definition) is 2. The highest BCUT2D eigenvalue weighted by Gasteiger charge is 2.25. The highest BCUT2D eigenvalue weighted by molar-refractivity contribution is 6.79. The summed E-state index contributed by atoms with van der Waals surface area (Å²) in [6, 6.07) is 9.76. The topological polar surface area (TPSA) is 29.5 Å². The molecule has 0 aromatic heterocycles. The molecule has 0 aliphatic heterocycles. The van der Waals surface area contributed by atoms with Crippen molar-refractivity contribution in [2.75, 3.05) is 0 Å². The van der Waals surface area contributed by atoms with Crippen molar-refractivity contribution in [3.8, 4) is 0 Å². The number of benzene rings is 1. The average Bonchev–Trinajstić information content (AvgIpc) is 2.25. The van der Waals surface area contributed by atoms with Gasteiger partial charge in [-0.05, 0) is 5.56 Å². The van der Waals surface area contributed by atoms with Crippen molar-refractivity contribution in [3.63, 3.8) is 0 Å². The Hall–Kier alpha value is -1.08. The fourth-order valence-corrected chi connectivity index (χ4v) is 1.83. The van der Waals surface area contributed by atoms with Crippen LogP contribution in [0.4, 0.5) is 4.79 Å². The lowest BCUT2D eigenvalue weighted by atomic mass is 10.2. The number of hydrogen-bond donors (Lipinski definition) is 0. The van der Waals surface area contributed by atoms with Crippen LogP contribution in [-0.2, 0) is 11.3 Å². The van der Waals surface area contributed by atoms with E-state index < -0.39 is 8.24 Å². The molecule has 0 spiro atoms. The third kappa shape index (κ3) is 3.82. The highest BCUT2D eigenvalue weighted by atomic mass is 28.4.